The van der Waals surface area contributed by atoms with Crippen LogP contribution < -0.4 is 15.2 Å². The molecule has 1 N–H and O–H groups in total. The van der Waals surface area contributed by atoms with Crippen LogP contribution in [0.4, 0.5) is 17.8 Å². The van der Waals surface area contributed by atoms with Crippen molar-refractivity contribution in [2.45, 2.75) is 38.5 Å². The predicted octanol–water partition coefficient (Wildman–Crippen LogP) is 3.95. The summed E-state index contributed by atoms with van der Waals surface area (Å²) in [6, 6.07) is 7.52. The summed E-state index contributed by atoms with van der Waals surface area (Å²) in [5, 5.41) is 5.01. The molecule has 0 saturated carbocycles. The monoisotopic (exact) mass is 399 g/mol. The smallest absolute Gasteiger partial charge is 0.250 e. The van der Waals surface area contributed by atoms with Crippen molar-refractivity contribution in [3.05, 3.63) is 34.9 Å². The molecule has 4 rings (SSSR count). The van der Waals surface area contributed by atoms with Crippen molar-refractivity contribution in [2.75, 3.05) is 41.4 Å². The van der Waals surface area contributed by atoms with E-state index < -0.39 is 0 Å². The zero-order chi connectivity index (χ0) is 19.2. The topological polar surface area (TPSA) is 69.5 Å². The summed E-state index contributed by atoms with van der Waals surface area (Å²) in [6.45, 7) is 3.99. The van der Waals surface area contributed by atoms with Crippen LogP contribution in [0.2, 0.25) is 5.02 Å². The predicted molar refractivity (Wildman–Crippen MR) is 115 cm³/mol. The average molecular weight is 400 g/mol. The number of nitrogens with one attached hydrogen (secondary N) is 1. The molecule has 28 heavy (non-hydrogen) atoms. The van der Waals surface area contributed by atoms with Crippen LogP contribution in [0.15, 0.2) is 29.4 Å². The fraction of sp³-hybridized carbons (Fsp3) is 0.500. The van der Waals surface area contributed by atoms with E-state index >= 15 is 0 Å². The summed E-state index contributed by atoms with van der Waals surface area (Å²) in [4.78, 5) is 18.5. The van der Waals surface area contributed by atoms with Gasteiger partial charge in [-0.25, -0.2) is 5.43 Å². The van der Waals surface area contributed by atoms with Crippen LogP contribution in [0.3, 0.4) is 0 Å². The van der Waals surface area contributed by atoms with Crippen molar-refractivity contribution < 1.29 is 0 Å². The molecule has 1 aromatic heterocycles. The second-order valence-corrected chi connectivity index (χ2v) is 7.71. The molecule has 2 aliphatic rings. The number of piperidine rings is 2. The van der Waals surface area contributed by atoms with Crippen LogP contribution in [-0.4, -0.2) is 47.3 Å². The van der Waals surface area contributed by atoms with E-state index in [9.17, 15) is 0 Å². The van der Waals surface area contributed by atoms with Gasteiger partial charge in [-0.1, -0.05) is 23.7 Å². The fourth-order valence-corrected chi connectivity index (χ4v) is 3.71. The van der Waals surface area contributed by atoms with E-state index in [1.165, 1.54) is 38.5 Å². The average Bonchev–Trinajstić information content (AvgIpc) is 2.76. The molecular weight excluding hydrogens is 374 g/mol. The largest absolute Gasteiger partial charge is 0.341 e. The molecule has 2 aliphatic heterocycles. The van der Waals surface area contributed by atoms with Gasteiger partial charge in [0, 0.05) is 31.2 Å². The van der Waals surface area contributed by atoms with Crippen molar-refractivity contribution in [3.63, 3.8) is 0 Å². The first-order valence-corrected chi connectivity index (χ1v) is 10.5. The second kappa shape index (κ2) is 9.19. The molecular formula is C20H26ClN7. The van der Waals surface area contributed by atoms with Gasteiger partial charge in [-0.2, -0.15) is 20.1 Å². The molecule has 2 fully saturated rings. The van der Waals surface area contributed by atoms with Crippen molar-refractivity contribution in [1.82, 2.24) is 15.0 Å². The van der Waals surface area contributed by atoms with Gasteiger partial charge in [0.1, 0.15) is 0 Å². The zero-order valence-corrected chi connectivity index (χ0v) is 16.8. The van der Waals surface area contributed by atoms with Gasteiger partial charge in [-0.05, 0) is 56.2 Å². The van der Waals surface area contributed by atoms with Crippen molar-refractivity contribution in [1.29, 1.82) is 0 Å². The van der Waals surface area contributed by atoms with E-state index in [0.717, 1.165) is 43.6 Å². The van der Waals surface area contributed by atoms with E-state index in [1.54, 1.807) is 6.21 Å². The lowest BCUT2D eigenvalue weighted by Gasteiger charge is -2.30. The second-order valence-electron chi connectivity index (χ2n) is 7.28. The Hall–Kier alpha value is -2.41. The highest BCUT2D eigenvalue weighted by molar-refractivity contribution is 6.30. The molecule has 0 radical (unpaired) electrons. The Labute approximate surface area is 170 Å². The molecule has 0 atom stereocenters. The van der Waals surface area contributed by atoms with Crippen LogP contribution in [0.25, 0.3) is 0 Å². The molecule has 8 heteroatoms. The summed E-state index contributed by atoms with van der Waals surface area (Å²) in [5.41, 5.74) is 3.94. The summed E-state index contributed by atoms with van der Waals surface area (Å²) in [6.07, 6.45) is 9.02. The number of anilines is 3. The van der Waals surface area contributed by atoms with E-state index in [2.05, 4.69) is 30.3 Å². The number of hydrogen-bond donors (Lipinski definition) is 1. The molecule has 7 nitrogen and oxygen atoms in total. The van der Waals surface area contributed by atoms with Gasteiger partial charge in [-0.3, -0.25) is 0 Å². The van der Waals surface area contributed by atoms with Crippen LogP contribution in [0, 0.1) is 0 Å². The lowest BCUT2D eigenvalue weighted by molar-refractivity contribution is 0.556. The number of rotatable bonds is 5. The molecule has 3 heterocycles. The lowest BCUT2D eigenvalue weighted by Crippen LogP contribution is -2.34. The molecule has 0 unspecified atom stereocenters. The molecule has 2 saturated heterocycles. The number of aromatic nitrogens is 3. The number of benzene rings is 1. The first-order valence-electron chi connectivity index (χ1n) is 10.1. The normalized spacial score (nSPS) is 17.9. The molecule has 0 spiro atoms. The summed E-state index contributed by atoms with van der Waals surface area (Å²) in [7, 11) is 0. The van der Waals surface area contributed by atoms with Crippen LogP contribution in [-0.2, 0) is 0 Å². The van der Waals surface area contributed by atoms with Crippen LogP contribution >= 0.6 is 11.6 Å². The first-order chi connectivity index (χ1) is 13.8. The van der Waals surface area contributed by atoms with E-state index in [1.807, 2.05) is 24.3 Å². The molecule has 2 aromatic rings. The Morgan fingerprint density at radius 2 is 1.32 bits per heavy atom. The van der Waals surface area contributed by atoms with E-state index in [0.29, 0.717) is 11.0 Å². The maximum absolute atomic E-state index is 5.93. The van der Waals surface area contributed by atoms with Gasteiger partial charge in [0.05, 0.1) is 6.21 Å². The van der Waals surface area contributed by atoms with Gasteiger partial charge in [0.15, 0.2) is 0 Å². The SMILES string of the molecule is Clc1ccc(C=NNc2nc(N3CCCCC3)nc(N3CCCCC3)n2)cc1. The summed E-state index contributed by atoms with van der Waals surface area (Å²) in [5.74, 6) is 1.99. The van der Waals surface area contributed by atoms with Crippen LogP contribution in [0.1, 0.15) is 44.1 Å². The van der Waals surface area contributed by atoms with E-state index in [4.69, 9.17) is 16.6 Å². The molecule has 0 bridgehead atoms. The minimum Gasteiger partial charge on any atom is -0.341 e. The Morgan fingerprint density at radius 3 is 1.86 bits per heavy atom. The quantitative estimate of drug-likeness (QED) is 0.606. The van der Waals surface area contributed by atoms with E-state index in [-0.39, 0.29) is 0 Å². The maximum Gasteiger partial charge on any atom is 0.250 e. The molecule has 148 valence electrons. The summed E-state index contributed by atoms with van der Waals surface area (Å²) >= 11 is 5.93. The Balaban J connectivity index is 1.54. The highest BCUT2D eigenvalue weighted by Crippen LogP contribution is 2.22. The zero-order valence-electron chi connectivity index (χ0n) is 16.0. The molecule has 1 aromatic carbocycles. The van der Waals surface area contributed by atoms with Crippen LogP contribution in [0.5, 0.6) is 0 Å². The third kappa shape index (κ3) is 4.90. The maximum atomic E-state index is 5.93. The Kier molecular flexibility index (Phi) is 6.21. The molecule has 0 amide bonds. The third-order valence-corrected chi connectivity index (χ3v) is 5.39. The van der Waals surface area contributed by atoms with Gasteiger partial charge in [-0.15, -0.1) is 0 Å². The summed E-state index contributed by atoms with van der Waals surface area (Å²) < 4.78 is 0. The fourth-order valence-electron chi connectivity index (χ4n) is 3.59. The number of halogens is 1. The van der Waals surface area contributed by atoms with Gasteiger partial charge >= 0.3 is 0 Å². The highest BCUT2D eigenvalue weighted by atomic mass is 35.5. The minimum absolute atomic E-state index is 0.487. The van der Waals surface area contributed by atoms with Gasteiger partial charge in [0.25, 0.3) is 0 Å². The number of hydrogen-bond acceptors (Lipinski definition) is 7. The third-order valence-electron chi connectivity index (χ3n) is 5.14. The number of hydrazone groups is 1. The van der Waals surface area contributed by atoms with Gasteiger partial charge < -0.3 is 9.80 Å². The van der Waals surface area contributed by atoms with Crippen molar-refractivity contribution >= 4 is 35.7 Å². The minimum atomic E-state index is 0.487. The van der Waals surface area contributed by atoms with Crippen molar-refractivity contribution in [3.8, 4) is 0 Å². The van der Waals surface area contributed by atoms with Crippen molar-refractivity contribution in [2.24, 2.45) is 5.10 Å². The number of nitrogens with zero attached hydrogens (tertiary/aromatic N) is 6. The lowest BCUT2D eigenvalue weighted by atomic mass is 10.1. The highest BCUT2D eigenvalue weighted by Gasteiger charge is 2.20. The van der Waals surface area contributed by atoms with Gasteiger partial charge in [0.2, 0.25) is 17.8 Å². The standard InChI is InChI=1S/C20H26ClN7/c21-17-9-7-16(8-10-17)15-22-26-18-23-19(27-11-3-1-4-12-27)25-20(24-18)28-13-5-2-6-14-28/h7-10,15H,1-6,11-14H2,(H,23,24,25,26). The Morgan fingerprint density at radius 1 is 0.786 bits per heavy atom. The first kappa shape index (κ1) is 18.9. The molecule has 0 aliphatic carbocycles. The Bertz CT molecular complexity index is 760.